The summed E-state index contributed by atoms with van der Waals surface area (Å²) in [5.74, 6) is 0. The third kappa shape index (κ3) is 3.02. The van der Waals surface area contributed by atoms with Gasteiger partial charge in [0.1, 0.15) is 0 Å². The Morgan fingerprint density at radius 1 is 0.457 bits per heavy atom. The summed E-state index contributed by atoms with van der Waals surface area (Å²) in [4.78, 5) is 2.28. The molecular formula is C34H23N. The fourth-order valence-corrected chi connectivity index (χ4v) is 5.51. The van der Waals surface area contributed by atoms with Crippen molar-refractivity contribution in [3.63, 3.8) is 0 Å². The van der Waals surface area contributed by atoms with Crippen molar-refractivity contribution in [2.24, 2.45) is 0 Å². The molecule has 0 bridgehead atoms. The monoisotopic (exact) mass is 445 g/mol. The topological polar surface area (TPSA) is 3.24 Å². The molecule has 0 atom stereocenters. The molecule has 0 amide bonds. The smallest absolute Gasteiger partial charge is 0.0540 e. The van der Waals surface area contributed by atoms with Gasteiger partial charge in [-0.05, 0) is 68.6 Å². The summed E-state index contributed by atoms with van der Waals surface area (Å²) in [6.45, 7) is 4.49. The number of fused-ring (bicyclic) bond motifs is 6. The Morgan fingerprint density at radius 3 is 1.94 bits per heavy atom. The van der Waals surface area contributed by atoms with Crippen LogP contribution in [0.2, 0.25) is 0 Å². The number of hydrogen-bond donors (Lipinski definition) is 0. The highest BCUT2D eigenvalue weighted by Crippen LogP contribution is 2.49. The van der Waals surface area contributed by atoms with Crippen molar-refractivity contribution >= 4 is 38.6 Å². The molecule has 0 saturated heterocycles. The van der Waals surface area contributed by atoms with Gasteiger partial charge in [0, 0.05) is 22.5 Å². The van der Waals surface area contributed by atoms with Gasteiger partial charge in [-0.1, -0.05) is 104 Å². The summed E-state index contributed by atoms with van der Waals surface area (Å²) >= 11 is 0. The van der Waals surface area contributed by atoms with Crippen LogP contribution in [0.3, 0.4) is 0 Å². The summed E-state index contributed by atoms with van der Waals surface area (Å²) < 4.78 is 0. The van der Waals surface area contributed by atoms with E-state index in [1.165, 1.54) is 49.4 Å². The molecule has 6 aromatic rings. The minimum atomic E-state index is 1.00. The Balaban J connectivity index is 1.51. The minimum absolute atomic E-state index is 1.00. The second kappa shape index (κ2) is 7.72. The quantitative estimate of drug-likeness (QED) is 0.240. The van der Waals surface area contributed by atoms with Crippen LogP contribution in [0, 0.1) is 0 Å². The minimum Gasteiger partial charge on any atom is -0.310 e. The molecule has 0 saturated carbocycles. The number of anilines is 2. The molecule has 0 fully saturated rings. The van der Waals surface area contributed by atoms with E-state index in [9.17, 15) is 0 Å². The lowest BCUT2D eigenvalue weighted by atomic mass is 9.87. The molecule has 1 aliphatic rings. The highest BCUT2D eigenvalue weighted by molar-refractivity contribution is 6.14. The van der Waals surface area contributed by atoms with E-state index in [4.69, 9.17) is 0 Å². The maximum atomic E-state index is 4.49. The first kappa shape index (κ1) is 19.8. The van der Waals surface area contributed by atoms with Crippen molar-refractivity contribution < 1.29 is 0 Å². The van der Waals surface area contributed by atoms with Crippen molar-refractivity contribution in [2.75, 3.05) is 4.90 Å². The summed E-state index contributed by atoms with van der Waals surface area (Å²) in [6.07, 6.45) is 0. The molecule has 1 heteroatoms. The number of hydrogen-bond acceptors (Lipinski definition) is 1. The van der Waals surface area contributed by atoms with Crippen LogP contribution in [-0.4, -0.2) is 0 Å². The van der Waals surface area contributed by atoms with Crippen LogP contribution >= 0.6 is 0 Å². The van der Waals surface area contributed by atoms with E-state index < -0.39 is 0 Å². The van der Waals surface area contributed by atoms with Gasteiger partial charge in [-0.3, -0.25) is 0 Å². The van der Waals surface area contributed by atoms with Gasteiger partial charge in [-0.15, -0.1) is 0 Å². The van der Waals surface area contributed by atoms with Crippen molar-refractivity contribution in [1.82, 2.24) is 0 Å². The molecule has 0 N–H and O–H groups in total. The van der Waals surface area contributed by atoms with Crippen molar-refractivity contribution in [3.8, 4) is 22.3 Å². The summed E-state index contributed by atoms with van der Waals surface area (Å²) in [5.41, 5.74) is 9.40. The van der Waals surface area contributed by atoms with E-state index in [1.807, 2.05) is 0 Å². The lowest BCUT2D eigenvalue weighted by Crippen LogP contribution is -2.19. The second-order valence-corrected chi connectivity index (χ2v) is 9.09. The van der Waals surface area contributed by atoms with E-state index in [-0.39, 0.29) is 0 Å². The van der Waals surface area contributed by atoms with Crippen molar-refractivity contribution in [3.05, 3.63) is 140 Å². The predicted molar refractivity (Wildman–Crippen MR) is 150 cm³/mol. The maximum Gasteiger partial charge on any atom is 0.0540 e. The molecule has 7 rings (SSSR count). The van der Waals surface area contributed by atoms with E-state index >= 15 is 0 Å². The predicted octanol–water partition coefficient (Wildman–Crippen LogP) is 9.45. The Bertz CT molecular complexity index is 1760. The Hall–Kier alpha value is -4.62. The number of para-hydroxylation sites is 1. The van der Waals surface area contributed by atoms with Crippen LogP contribution in [0.5, 0.6) is 0 Å². The Morgan fingerprint density at radius 2 is 1.11 bits per heavy atom. The van der Waals surface area contributed by atoms with E-state index in [0.717, 1.165) is 17.1 Å². The van der Waals surface area contributed by atoms with Crippen LogP contribution in [-0.2, 0) is 0 Å². The lowest BCUT2D eigenvalue weighted by Gasteiger charge is -2.35. The first-order valence-electron chi connectivity index (χ1n) is 12.0. The molecule has 1 nitrogen and oxygen atoms in total. The lowest BCUT2D eigenvalue weighted by molar-refractivity contribution is 1.27. The zero-order valence-electron chi connectivity index (χ0n) is 19.3. The first-order chi connectivity index (χ1) is 17.3. The molecular weight excluding hydrogens is 422 g/mol. The fourth-order valence-electron chi connectivity index (χ4n) is 5.51. The van der Waals surface area contributed by atoms with Crippen molar-refractivity contribution in [2.45, 2.75) is 0 Å². The van der Waals surface area contributed by atoms with Crippen LogP contribution in [0.4, 0.5) is 11.4 Å². The molecule has 0 aromatic heterocycles. The van der Waals surface area contributed by atoms with Crippen LogP contribution < -0.4 is 4.90 Å². The van der Waals surface area contributed by atoms with E-state index in [2.05, 4.69) is 139 Å². The Labute approximate surface area is 205 Å². The van der Waals surface area contributed by atoms with Gasteiger partial charge in [0.25, 0.3) is 0 Å². The fraction of sp³-hybridized carbons (Fsp3) is 0. The zero-order chi connectivity index (χ0) is 23.4. The summed E-state index contributed by atoms with van der Waals surface area (Å²) in [5, 5.41) is 5.12. The van der Waals surface area contributed by atoms with Gasteiger partial charge < -0.3 is 4.90 Å². The normalized spacial score (nSPS) is 12.6. The molecule has 1 heterocycles. The third-order valence-electron chi connectivity index (χ3n) is 7.13. The first-order valence-corrected chi connectivity index (χ1v) is 12.0. The zero-order valence-corrected chi connectivity index (χ0v) is 19.3. The highest BCUT2D eigenvalue weighted by Gasteiger charge is 2.26. The molecule has 0 radical (unpaired) electrons. The number of rotatable bonds is 2. The molecule has 0 aliphatic carbocycles. The molecule has 0 spiro atoms. The van der Waals surface area contributed by atoms with Gasteiger partial charge in [0.15, 0.2) is 0 Å². The van der Waals surface area contributed by atoms with Gasteiger partial charge in [-0.25, -0.2) is 0 Å². The average Bonchev–Trinajstić information content (AvgIpc) is 2.93. The van der Waals surface area contributed by atoms with Crippen molar-refractivity contribution in [1.29, 1.82) is 0 Å². The van der Waals surface area contributed by atoms with E-state index in [1.54, 1.807) is 0 Å². The van der Waals surface area contributed by atoms with Crippen LogP contribution in [0.1, 0.15) is 5.56 Å². The number of benzene rings is 6. The van der Waals surface area contributed by atoms with Gasteiger partial charge in [0.05, 0.1) is 5.69 Å². The largest absolute Gasteiger partial charge is 0.310 e. The van der Waals surface area contributed by atoms with Crippen LogP contribution in [0.25, 0.3) is 49.5 Å². The second-order valence-electron chi connectivity index (χ2n) is 9.09. The van der Waals surface area contributed by atoms with Gasteiger partial charge in [-0.2, -0.15) is 0 Å². The molecule has 6 aromatic carbocycles. The average molecular weight is 446 g/mol. The molecule has 1 aliphatic heterocycles. The van der Waals surface area contributed by atoms with Crippen LogP contribution in [0.15, 0.2) is 134 Å². The maximum absolute atomic E-state index is 4.49. The molecule has 164 valence electrons. The highest BCUT2D eigenvalue weighted by atomic mass is 15.2. The summed E-state index contributed by atoms with van der Waals surface area (Å²) in [6, 6.07) is 45.7. The third-order valence-corrected chi connectivity index (χ3v) is 7.13. The summed E-state index contributed by atoms with van der Waals surface area (Å²) in [7, 11) is 0. The number of nitrogens with zero attached hydrogens (tertiary/aromatic N) is 1. The Kier molecular flexibility index (Phi) is 4.37. The SMILES string of the molecule is C=C1c2ccccc2-c2cc(-c3cc4ccccc4c4ccccc34)ccc2N1c1ccccc1. The van der Waals surface area contributed by atoms with Gasteiger partial charge >= 0.3 is 0 Å². The molecule has 0 unspecified atom stereocenters. The van der Waals surface area contributed by atoms with E-state index in [0.29, 0.717) is 0 Å². The standard InChI is InChI=1S/C34H23N/c1-23-27-14-7-8-16-29(27)33-22-25(19-20-34(33)35(23)26-12-3-2-4-13-26)32-21-24-11-5-6-15-28(24)30-17-9-10-18-31(30)32/h2-22H,1H2. The molecule has 35 heavy (non-hydrogen) atoms. The van der Waals surface area contributed by atoms with Gasteiger partial charge in [0.2, 0.25) is 0 Å².